The Balaban J connectivity index is 2.39. The van der Waals surface area contributed by atoms with Crippen LogP contribution in [-0.4, -0.2) is 30.1 Å². The molecule has 0 aliphatic carbocycles. The van der Waals surface area contributed by atoms with E-state index < -0.39 is 12.0 Å². The quantitative estimate of drug-likeness (QED) is 0.807. The van der Waals surface area contributed by atoms with Crippen LogP contribution < -0.4 is 10.2 Å². The Bertz CT molecular complexity index is 485. The molecule has 0 aromatic heterocycles. The van der Waals surface area contributed by atoms with Crippen LogP contribution in [0.5, 0.6) is 0 Å². The van der Waals surface area contributed by atoms with E-state index in [2.05, 4.69) is 5.32 Å². The molecule has 90 valence electrons. The van der Waals surface area contributed by atoms with Crippen molar-refractivity contribution < 1.29 is 14.7 Å². The van der Waals surface area contributed by atoms with Gasteiger partial charge in [0.05, 0.1) is 17.8 Å². The van der Waals surface area contributed by atoms with Crippen LogP contribution >= 0.6 is 0 Å². The van der Waals surface area contributed by atoms with Crippen LogP contribution in [-0.2, 0) is 9.59 Å². The molecule has 17 heavy (non-hydrogen) atoms. The maximum absolute atomic E-state index is 11.9. The number of benzene rings is 1. The number of aliphatic carboxylic acids is 1. The first-order valence-electron chi connectivity index (χ1n) is 5.36. The van der Waals surface area contributed by atoms with Gasteiger partial charge in [-0.1, -0.05) is 12.1 Å². The van der Waals surface area contributed by atoms with Crippen molar-refractivity contribution in [2.24, 2.45) is 0 Å². The van der Waals surface area contributed by atoms with E-state index in [1.54, 1.807) is 7.05 Å². The zero-order valence-electron chi connectivity index (χ0n) is 9.73. The number of likely N-dealkylation sites (N-methyl/N-ethyl adjacent to an activating group) is 1. The summed E-state index contributed by atoms with van der Waals surface area (Å²) in [5.74, 6) is -1.20. The second-order valence-electron chi connectivity index (χ2n) is 4.16. The van der Waals surface area contributed by atoms with Gasteiger partial charge in [0.15, 0.2) is 0 Å². The number of carbonyl (C=O) groups is 2. The average molecular weight is 234 g/mol. The monoisotopic (exact) mass is 234 g/mol. The molecule has 0 fully saturated rings. The summed E-state index contributed by atoms with van der Waals surface area (Å²) in [6.45, 7) is 1.92. The second-order valence-corrected chi connectivity index (χ2v) is 4.16. The minimum Gasteiger partial charge on any atom is -0.481 e. The highest BCUT2D eigenvalue weighted by atomic mass is 16.4. The molecule has 5 heteroatoms. The molecule has 1 heterocycles. The van der Waals surface area contributed by atoms with Gasteiger partial charge in [0.25, 0.3) is 0 Å². The number of rotatable bonds is 2. The minimum atomic E-state index is -0.985. The molecule has 1 atom stereocenters. The third-order valence-electron chi connectivity index (χ3n) is 2.94. The first kappa shape index (κ1) is 11.4. The summed E-state index contributed by atoms with van der Waals surface area (Å²) >= 11 is 0. The van der Waals surface area contributed by atoms with Crippen LogP contribution in [0.1, 0.15) is 12.0 Å². The summed E-state index contributed by atoms with van der Waals surface area (Å²) in [4.78, 5) is 24.1. The Morgan fingerprint density at radius 2 is 2.24 bits per heavy atom. The highest BCUT2D eigenvalue weighted by molar-refractivity contribution is 6.06. The van der Waals surface area contributed by atoms with Crippen molar-refractivity contribution in [3.05, 3.63) is 23.8 Å². The number of para-hydroxylation sites is 1. The summed E-state index contributed by atoms with van der Waals surface area (Å²) in [5.41, 5.74) is 2.62. The van der Waals surface area contributed by atoms with Crippen molar-refractivity contribution in [1.82, 2.24) is 0 Å². The maximum Gasteiger partial charge on any atom is 0.305 e. The van der Waals surface area contributed by atoms with Crippen LogP contribution in [0.15, 0.2) is 18.2 Å². The molecule has 0 bridgehead atoms. The fourth-order valence-electron chi connectivity index (χ4n) is 2.02. The van der Waals surface area contributed by atoms with Crippen LogP contribution in [0.4, 0.5) is 11.4 Å². The Morgan fingerprint density at radius 3 is 2.88 bits per heavy atom. The fraction of sp³-hybridized carbons (Fsp3) is 0.333. The molecule has 0 radical (unpaired) electrons. The molecular formula is C12H14N2O3. The van der Waals surface area contributed by atoms with Gasteiger partial charge in [-0.25, -0.2) is 0 Å². The van der Waals surface area contributed by atoms with Crippen molar-refractivity contribution in [1.29, 1.82) is 0 Å². The molecule has 1 aliphatic heterocycles. The van der Waals surface area contributed by atoms with E-state index in [0.29, 0.717) is 0 Å². The molecule has 0 saturated heterocycles. The molecule has 2 N–H and O–H groups in total. The second kappa shape index (κ2) is 4.08. The summed E-state index contributed by atoms with van der Waals surface area (Å²) in [6, 6.07) is 4.94. The molecule has 2 rings (SSSR count). The first-order valence-corrected chi connectivity index (χ1v) is 5.36. The predicted molar refractivity (Wildman–Crippen MR) is 64.3 cm³/mol. The van der Waals surface area contributed by atoms with Gasteiger partial charge in [-0.15, -0.1) is 0 Å². The topological polar surface area (TPSA) is 69.6 Å². The van der Waals surface area contributed by atoms with E-state index in [1.165, 1.54) is 4.90 Å². The van der Waals surface area contributed by atoms with Crippen LogP contribution in [0.2, 0.25) is 0 Å². The van der Waals surface area contributed by atoms with Crippen LogP contribution in [0.3, 0.4) is 0 Å². The number of fused-ring (bicyclic) bond motifs is 1. The SMILES string of the molecule is Cc1cccc2c1NC(CC(=O)O)C(=O)N2C. The third-order valence-corrected chi connectivity index (χ3v) is 2.94. The molecule has 1 aliphatic rings. The normalized spacial score (nSPS) is 18.6. The maximum atomic E-state index is 11.9. The van der Waals surface area contributed by atoms with Gasteiger partial charge >= 0.3 is 5.97 Å². The number of hydrogen-bond donors (Lipinski definition) is 2. The Labute approximate surface area is 99.0 Å². The minimum absolute atomic E-state index is 0.211. The van der Waals surface area contributed by atoms with Gasteiger partial charge < -0.3 is 15.3 Å². The van der Waals surface area contributed by atoms with E-state index in [4.69, 9.17) is 5.11 Å². The number of hydrogen-bond acceptors (Lipinski definition) is 3. The molecule has 1 amide bonds. The van der Waals surface area contributed by atoms with Gasteiger partial charge in [-0.2, -0.15) is 0 Å². The molecular weight excluding hydrogens is 220 g/mol. The van der Waals surface area contributed by atoms with Crippen molar-refractivity contribution in [2.45, 2.75) is 19.4 Å². The molecule has 1 unspecified atom stereocenters. The van der Waals surface area contributed by atoms with Crippen LogP contribution in [0, 0.1) is 6.92 Å². The fourth-order valence-corrected chi connectivity index (χ4v) is 2.02. The number of nitrogens with one attached hydrogen (secondary N) is 1. The Kier molecular flexibility index (Phi) is 2.75. The van der Waals surface area contributed by atoms with E-state index >= 15 is 0 Å². The summed E-state index contributed by atoms with van der Waals surface area (Å²) in [7, 11) is 1.66. The third kappa shape index (κ3) is 1.95. The standard InChI is InChI=1S/C12H14N2O3/c1-7-4-3-5-9-11(7)13-8(6-10(15)16)12(17)14(9)2/h3-5,8,13H,6H2,1-2H3,(H,15,16). The number of nitrogens with zero attached hydrogens (tertiary/aromatic N) is 1. The molecule has 1 aromatic rings. The highest BCUT2D eigenvalue weighted by Crippen LogP contribution is 2.33. The number of aryl methyl sites for hydroxylation is 1. The summed E-state index contributed by atoms with van der Waals surface area (Å²) in [6.07, 6.45) is -0.211. The van der Waals surface area contributed by atoms with Crippen molar-refractivity contribution in [3.8, 4) is 0 Å². The summed E-state index contributed by atoms with van der Waals surface area (Å²) in [5, 5.41) is 11.8. The Hall–Kier alpha value is -2.04. The smallest absolute Gasteiger partial charge is 0.305 e. The molecule has 0 spiro atoms. The molecule has 5 nitrogen and oxygen atoms in total. The highest BCUT2D eigenvalue weighted by Gasteiger charge is 2.32. The van der Waals surface area contributed by atoms with E-state index in [0.717, 1.165) is 16.9 Å². The number of amides is 1. The lowest BCUT2D eigenvalue weighted by Gasteiger charge is -2.33. The lowest BCUT2D eigenvalue weighted by molar-refractivity contribution is -0.138. The number of anilines is 2. The average Bonchev–Trinajstić information content (AvgIpc) is 2.26. The van der Waals surface area contributed by atoms with Gasteiger partial charge in [-0.05, 0) is 18.6 Å². The number of carbonyl (C=O) groups excluding carboxylic acids is 1. The first-order chi connectivity index (χ1) is 8.00. The van der Waals surface area contributed by atoms with Crippen molar-refractivity contribution in [3.63, 3.8) is 0 Å². The van der Waals surface area contributed by atoms with Crippen molar-refractivity contribution in [2.75, 3.05) is 17.3 Å². The zero-order valence-corrected chi connectivity index (χ0v) is 9.73. The molecule has 0 saturated carbocycles. The van der Waals surface area contributed by atoms with Crippen LogP contribution in [0.25, 0.3) is 0 Å². The largest absolute Gasteiger partial charge is 0.481 e. The van der Waals surface area contributed by atoms with Gasteiger partial charge in [-0.3, -0.25) is 9.59 Å². The Morgan fingerprint density at radius 1 is 1.53 bits per heavy atom. The number of carboxylic acid groups (broad SMARTS) is 1. The van der Waals surface area contributed by atoms with Crippen molar-refractivity contribution >= 4 is 23.3 Å². The zero-order chi connectivity index (χ0) is 12.6. The molecule has 1 aromatic carbocycles. The predicted octanol–water partition coefficient (Wildman–Crippen LogP) is 1.23. The van der Waals surface area contributed by atoms with E-state index in [-0.39, 0.29) is 12.3 Å². The van der Waals surface area contributed by atoms with Gasteiger partial charge in [0.2, 0.25) is 5.91 Å². The summed E-state index contributed by atoms with van der Waals surface area (Å²) < 4.78 is 0. The van der Waals surface area contributed by atoms with Gasteiger partial charge in [0.1, 0.15) is 6.04 Å². The lowest BCUT2D eigenvalue weighted by atomic mass is 10.0. The van der Waals surface area contributed by atoms with E-state index in [1.807, 2.05) is 25.1 Å². The number of carboxylic acids is 1. The lowest BCUT2D eigenvalue weighted by Crippen LogP contribution is -2.46. The van der Waals surface area contributed by atoms with E-state index in [9.17, 15) is 9.59 Å². The van der Waals surface area contributed by atoms with Gasteiger partial charge in [0, 0.05) is 7.05 Å².